The first-order valence-electron chi connectivity index (χ1n) is 9.30. The summed E-state index contributed by atoms with van der Waals surface area (Å²) in [7, 11) is -3.53. The smallest absolute Gasteiger partial charge is 0.254 e. The Labute approximate surface area is 161 Å². The molecule has 0 radical (unpaired) electrons. The predicted octanol–water partition coefficient (Wildman–Crippen LogP) is 2.86. The fourth-order valence-electron chi connectivity index (χ4n) is 3.73. The lowest BCUT2D eigenvalue weighted by molar-refractivity contribution is 0.0532. The Kier molecular flexibility index (Phi) is 5.97. The summed E-state index contributed by atoms with van der Waals surface area (Å²) >= 11 is 0. The maximum absolute atomic E-state index is 13.0. The Hall–Kier alpha value is -2.18. The number of hydrogen-bond acceptors (Lipinski definition) is 4. The van der Waals surface area contributed by atoms with Crippen LogP contribution in [0.25, 0.3) is 0 Å². The first kappa shape index (κ1) is 19.6. The van der Waals surface area contributed by atoms with E-state index < -0.39 is 9.84 Å². The lowest BCUT2D eigenvalue weighted by Crippen LogP contribution is -2.51. The van der Waals surface area contributed by atoms with Gasteiger partial charge in [0.25, 0.3) is 5.91 Å². The molecule has 0 spiro atoms. The maximum Gasteiger partial charge on any atom is 0.254 e. The molecule has 1 aliphatic rings. The molecule has 27 heavy (non-hydrogen) atoms. The van der Waals surface area contributed by atoms with Crippen molar-refractivity contribution in [3.05, 3.63) is 65.7 Å². The Balaban J connectivity index is 1.85. The average molecular weight is 387 g/mol. The number of rotatable bonds is 5. The third-order valence-corrected chi connectivity index (χ3v) is 6.94. The lowest BCUT2D eigenvalue weighted by atomic mass is 9.90. The van der Waals surface area contributed by atoms with Crippen molar-refractivity contribution in [3.8, 4) is 0 Å². The van der Waals surface area contributed by atoms with Crippen molar-refractivity contribution in [1.82, 2.24) is 4.90 Å². The highest BCUT2D eigenvalue weighted by atomic mass is 32.2. The fraction of sp³-hybridized carbons (Fsp3) is 0.381. The minimum Gasteiger partial charge on any atom is -0.334 e. The van der Waals surface area contributed by atoms with Crippen molar-refractivity contribution >= 4 is 15.7 Å². The van der Waals surface area contributed by atoms with Gasteiger partial charge in [-0.2, -0.15) is 0 Å². The molecule has 1 aliphatic heterocycles. The molecule has 2 atom stereocenters. The molecule has 0 unspecified atom stereocenters. The Morgan fingerprint density at radius 2 is 1.89 bits per heavy atom. The first-order valence-corrected chi connectivity index (χ1v) is 11.0. The number of hydrogen-bond donors (Lipinski definition) is 1. The van der Waals surface area contributed by atoms with E-state index in [0.29, 0.717) is 24.6 Å². The van der Waals surface area contributed by atoms with Gasteiger partial charge in [0.05, 0.1) is 10.6 Å². The number of sulfone groups is 1. The van der Waals surface area contributed by atoms with Crippen molar-refractivity contribution in [2.45, 2.75) is 36.5 Å². The van der Waals surface area contributed by atoms with Crippen LogP contribution in [-0.4, -0.2) is 38.4 Å². The minimum atomic E-state index is -3.53. The van der Waals surface area contributed by atoms with E-state index in [4.69, 9.17) is 5.73 Å². The van der Waals surface area contributed by atoms with E-state index in [1.54, 1.807) is 35.2 Å². The van der Waals surface area contributed by atoms with Crippen molar-refractivity contribution in [1.29, 1.82) is 0 Å². The van der Waals surface area contributed by atoms with Crippen LogP contribution < -0.4 is 5.73 Å². The van der Waals surface area contributed by atoms with Gasteiger partial charge >= 0.3 is 0 Å². The van der Waals surface area contributed by atoms with Crippen LogP contribution in [0, 0.1) is 5.92 Å². The molecule has 0 saturated carbocycles. The topological polar surface area (TPSA) is 80.5 Å². The van der Waals surface area contributed by atoms with Crippen molar-refractivity contribution in [2.24, 2.45) is 11.7 Å². The summed E-state index contributed by atoms with van der Waals surface area (Å²) in [5.41, 5.74) is 7.02. The molecule has 0 aliphatic carbocycles. The van der Waals surface area contributed by atoms with Crippen LogP contribution in [0.2, 0.25) is 0 Å². The van der Waals surface area contributed by atoms with E-state index in [1.807, 2.05) is 18.2 Å². The van der Waals surface area contributed by atoms with Crippen molar-refractivity contribution in [3.63, 3.8) is 0 Å². The quantitative estimate of drug-likeness (QED) is 0.857. The number of nitrogens with two attached hydrogens (primary N) is 1. The van der Waals surface area contributed by atoms with Gasteiger partial charge < -0.3 is 10.6 Å². The number of carbonyl (C=O) groups is 1. The van der Waals surface area contributed by atoms with E-state index in [0.717, 1.165) is 18.4 Å². The van der Waals surface area contributed by atoms with E-state index >= 15 is 0 Å². The van der Waals surface area contributed by atoms with E-state index in [9.17, 15) is 13.2 Å². The monoisotopic (exact) mass is 386 g/mol. The molecule has 3 rings (SSSR count). The fourth-order valence-corrected chi connectivity index (χ4v) is 5.12. The van der Waals surface area contributed by atoms with Crippen LogP contribution in [0.5, 0.6) is 0 Å². The SMILES string of the molecule is C[C@H]1CCCN(C(=O)c2cccc(S(=O)(=O)Cc3ccccc3)c2)[C@@H]1CN. The third-order valence-electron chi connectivity index (χ3n) is 5.26. The molecular weight excluding hydrogens is 360 g/mol. The first-order chi connectivity index (χ1) is 12.9. The molecule has 5 nitrogen and oxygen atoms in total. The van der Waals surface area contributed by atoms with Crippen molar-refractivity contribution < 1.29 is 13.2 Å². The van der Waals surface area contributed by atoms with Gasteiger partial charge in [0.15, 0.2) is 9.84 Å². The van der Waals surface area contributed by atoms with Crippen LogP contribution in [0.4, 0.5) is 0 Å². The lowest BCUT2D eigenvalue weighted by Gasteiger charge is -2.39. The van der Waals surface area contributed by atoms with E-state index in [-0.39, 0.29) is 22.6 Å². The summed E-state index contributed by atoms with van der Waals surface area (Å²) in [4.78, 5) is 15.0. The number of likely N-dealkylation sites (tertiary alicyclic amines) is 1. The van der Waals surface area contributed by atoms with Crippen molar-refractivity contribution in [2.75, 3.05) is 13.1 Å². The zero-order chi connectivity index (χ0) is 19.4. The van der Waals surface area contributed by atoms with Gasteiger partial charge in [0.2, 0.25) is 0 Å². The van der Waals surface area contributed by atoms with E-state index in [2.05, 4.69) is 6.92 Å². The molecule has 0 aromatic heterocycles. The molecule has 0 bridgehead atoms. The normalized spacial score (nSPS) is 20.4. The molecule has 1 fully saturated rings. The molecule has 2 N–H and O–H groups in total. The summed E-state index contributed by atoms with van der Waals surface area (Å²) in [6.07, 6.45) is 1.99. The zero-order valence-electron chi connectivity index (χ0n) is 15.5. The standard InChI is InChI=1S/C21H26N2O3S/c1-16-7-6-12-23(20(16)14-22)21(24)18-10-5-11-19(13-18)27(25,26)15-17-8-3-2-4-9-17/h2-5,8-11,13,16,20H,6-7,12,14-15,22H2,1H3/t16-,20+/m0/s1. The highest BCUT2D eigenvalue weighted by Crippen LogP contribution is 2.25. The second-order valence-corrected chi connectivity index (χ2v) is 9.18. The van der Waals surface area contributed by atoms with Crippen LogP contribution in [0.15, 0.2) is 59.5 Å². The van der Waals surface area contributed by atoms with Gasteiger partial charge in [0.1, 0.15) is 0 Å². The van der Waals surface area contributed by atoms with Crippen LogP contribution in [0.1, 0.15) is 35.7 Å². The Morgan fingerprint density at radius 3 is 2.59 bits per heavy atom. The third kappa shape index (κ3) is 4.39. The summed E-state index contributed by atoms with van der Waals surface area (Å²) < 4.78 is 25.6. The second kappa shape index (κ2) is 8.23. The van der Waals surface area contributed by atoms with Crippen LogP contribution in [-0.2, 0) is 15.6 Å². The average Bonchev–Trinajstić information content (AvgIpc) is 2.68. The van der Waals surface area contributed by atoms with Gasteiger partial charge in [-0.05, 0) is 42.5 Å². The Morgan fingerprint density at radius 1 is 1.15 bits per heavy atom. The summed E-state index contributed by atoms with van der Waals surface area (Å²) in [6, 6.07) is 15.4. The minimum absolute atomic E-state index is 0.00386. The molecule has 1 amide bonds. The largest absolute Gasteiger partial charge is 0.334 e. The van der Waals surface area contributed by atoms with Gasteiger partial charge in [-0.15, -0.1) is 0 Å². The number of benzene rings is 2. The number of amides is 1. The number of nitrogens with zero attached hydrogens (tertiary/aromatic N) is 1. The van der Waals surface area contributed by atoms with Gasteiger partial charge in [-0.3, -0.25) is 4.79 Å². The van der Waals surface area contributed by atoms with Crippen LogP contribution in [0.3, 0.4) is 0 Å². The van der Waals surface area contributed by atoms with Gasteiger partial charge in [0, 0.05) is 24.7 Å². The van der Waals surface area contributed by atoms with Crippen LogP contribution >= 0.6 is 0 Å². The maximum atomic E-state index is 13.0. The van der Waals surface area contributed by atoms with Gasteiger partial charge in [-0.25, -0.2) is 8.42 Å². The molecule has 6 heteroatoms. The highest BCUT2D eigenvalue weighted by Gasteiger charge is 2.31. The molecule has 144 valence electrons. The predicted molar refractivity (Wildman–Crippen MR) is 106 cm³/mol. The molecule has 1 saturated heterocycles. The number of carbonyl (C=O) groups excluding carboxylic acids is 1. The summed E-state index contributed by atoms with van der Waals surface area (Å²) in [5.74, 6) is 0.115. The molecular formula is C21H26N2O3S. The molecule has 2 aromatic rings. The Bertz CT molecular complexity index is 897. The van der Waals surface area contributed by atoms with Gasteiger partial charge in [-0.1, -0.05) is 43.3 Å². The summed E-state index contributed by atoms with van der Waals surface area (Å²) in [6.45, 7) is 3.18. The highest BCUT2D eigenvalue weighted by molar-refractivity contribution is 7.90. The molecule has 1 heterocycles. The number of piperidine rings is 1. The summed E-state index contributed by atoms with van der Waals surface area (Å²) in [5, 5.41) is 0. The second-order valence-electron chi connectivity index (χ2n) is 7.19. The zero-order valence-corrected chi connectivity index (χ0v) is 16.4. The molecule has 2 aromatic carbocycles. The van der Waals surface area contributed by atoms with E-state index in [1.165, 1.54) is 6.07 Å².